The van der Waals surface area contributed by atoms with Gasteiger partial charge in [-0.1, -0.05) is 23.7 Å². The lowest BCUT2D eigenvalue weighted by Gasteiger charge is -2.15. The smallest absolute Gasteiger partial charge is 0.329 e. The number of benzene rings is 2. The number of halogens is 1. The summed E-state index contributed by atoms with van der Waals surface area (Å²) in [7, 11) is 1.44. The van der Waals surface area contributed by atoms with E-state index < -0.39 is 22.3 Å². The number of non-ortho nitro benzene ring substituents is 1. The van der Waals surface area contributed by atoms with Gasteiger partial charge in [0.15, 0.2) is 11.2 Å². The van der Waals surface area contributed by atoms with E-state index in [9.17, 15) is 24.8 Å². The number of nitrogens with zero attached hydrogens (tertiary/aromatic N) is 5. The van der Waals surface area contributed by atoms with Crippen LogP contribution in [0.25, 0.3) is 11.2 Å². The molecule has 0 aliphatic rings. The van der Waals surface area contributed by atoms with E-state index in [2.05, 4.69) is 20.5 Å². The predicted octanol–water partition coefficient (Wildman–Crippen LogP) is 1.87. The van der Waals surface area contributed by atoms with Gasteiger partial charge in [0.05, 0.1) is 17.7 Å². The number of ether oxygens (including phenoxy) is 1. The van der Waals surface area contributed by atoms with Crippen LogP contribution >= 0.6 is 11.6 Å². The number of hydrogen-bond acceptors (Lipinski definition) is 9. The van der Waals surface area contributed by atoms with E-state index in [1.54, 1.807) is 30.3 Å². The highest BCUT2D eigenvalue weighted by Gasteiger charge is 2.20. The third-order valence-electron chi connectivity index (χ3n) is 5.12. The van der Waals surface area contributed by atoms with Crippen molar-refractivity contribution in [1.82, 2.24) is 19.1 Å². The molecular formula is C22H20ClN7O6. The van der Waals surface area contributed by atoms with Crippen LogP contribution in [-0.2, 0) is 13.6 Å². The summed E-state index contributed by atoms with van der Waals surface area (Å²) < 4.78 is 8.10. The summed E-state index contributed by atoms with van der Waals surface area (Å²) in [4.78, 5) is 41.6. The molecule has 2 aromatic heterocycles. The van der Waals surface area contributed by atoms with Gasteiger partial charge in [0, 0.05) is 29.8 Å². The Bertz CT molecular complexity index is 1560. The van der Waals surface area contributed by atoms with Crippen LogP contribution in [0.3, 0.4) is 0 Å². The monoisotopic (exact) mass is 513 g/mol. The van der Waals surface area contributed by atoms with E-state index >= 15 is 0 Å². The van der Waals surface area contributed by atoms with Crippen molar-refractivity contribution in [2.24, 2.45) is 12.1 Å². The summed E-state index contributed by atoms with van der Waals surface area (Å²) in [6.45, 7) is -0.235. The van der Waals surface area contributed by atoms with Crippen LogP contribution in [0.5, 0.6) is 5.75 Å². The number of aryl methyl sites for hydroxylation is 1. The highest BCUT2D eigenvalue weighted by molar-refractivity contribution is 6.30. The Morgan fingerprint density at radius 1 is 1.31 bits per heavy atom. The van der Waals surface area contributed by atoms with Gasteiger partial charge >= 0.3 is 5.69 Å². The van der Waals surface area contributed by atoms with Crippen LogP contribution < -0.4 is 21.4 Å². The van der Waals surface area contributed by atoms with Gasteiger partial charge in [-0.05, 0) is 24.3 Å². The minimum Gasteiger partial charge on any atom is -0.491 e. The summed E-state index contributed by atoms with van der Waals surface area (Å²) >= 11 is 5.86. The van der Waals surface area contributed by atoms with E-state index in [-0.39, 0.29) is 36.0 Å². The lowest BCUT2D eigenvalue weighted by atomic mass is 10.2. The Labute approximate surface area is 207 Å². The average molecular weight is 514 g/mol. The Morgan fingerprint density at radius 2 is 2.06 bits per heavy atom. The quantitative estimate of drug-likeness (QED) is 0.173. The molecule has 0 saturated carbocycles. The SMILES string of the molecule is Cn1c(=O)[nH]c(=O)c2c1nc(N/N=C\c1cccc([N+](=O)[O-])c1)n2CC(O)COc1ccc(Cl)cc1. The topological polar surface area (TPSA) is 170 Å². The molecule has 14 heteroatoms. The molecule has 0 saturated heterocycles. The minimum absolute atomic E-state index is 0.0377. The van der Waals surface area contributed by atoms with Gasteiger partial charge in [-0.2, -0.15) is 10.1 Å². The molecule has 0 aliphatic carbocycles. The molecule has 3 N–H and O–H groups in total. The molecule has 186 valence electrons. The van der Waals surface area contributed by atoms with Crippen molar-refractivity contribution in [1.29, 1.82) is 0 Å². The number of anilines is 1. The van der Waals surface area contributed by atoms with Gasteiger partial charge in [0.1, 0.15) is 18.5 Å². The zero-order valence-electron chi connectivity index (χ0n) is 18.8. The largest absolute Gasteiger partial charge is 0.491 e. The Morgan fingerprint density at radius 3 is 2.78 bits per heavy atom. The van der Waals surface area contributed by atoms with Gasteiger partial charge in [0.2, 0.25) is 5.95 Å². The average Bonchev–Trinajstić information content (AvgIpc) is 3.21. The van der Waals surface area contributed by atoms with Crippen molar-refractivity contribution in [3.8, 4) is 5.75 Å². The van der Waals surface area contributed by atoms with Crippen molar-refractivity contribution in [2.45, 2.75) is 12.6 Å². The van der Waals surface area contributed by atoms with Crippen molar-refractivity contribution >= 4 is 40.6 Å². The van der Waals surface area contributed by atoms with Crippen molar-refractivity contribution in [3.63, 3.8) is 0 Å². The highest BCUT2D eigenvalue weighted by Crippen LogP contribution is 2.18. The number of nitro benzene ring substituents is 1. The molecule has 2 heterocycles. The first-order valence-electron chi connectivity index (χ1n) is 10.5. The van der Waals surface area contributed by atoms with Gasteiger partial charge in [-0.15, -0.1) is 0 Å². The maximum absolute atomic E-state index is 12.6. The van der Waals surface area contributed by atoms with Crippen LogP contribution in [-0.4, -0.2) is 48.1 Å². The molecule has 36 heavy (non-hydrogen) atoms. The molecule has 13 nitrogen and oxygen atoms in total. The number of imidazole rings is 1. The van der Waals surface area contributed by atoms with E-state index in [0.717, 1.165) is 4.57 Å². The number of hydrazone groups is 1. The number of aromatic nitrogens is 4. The first-order chi connectivity index (χ1) is 17.2. The zero-order chi connectivity index (χ0) is 25.8. The molecular weight excluding hydrogens is 494 g/mol. The van der Waals surface area contributed by atoms with Crippen LogP contribution in [0.4, 0.5) is 11.6 Å². The Balaban J connectivity index is 1.61. The fourth-order valence-electron chi connectivity index (χ4n) is 3.37. The fourth-order valence-corrected chi connectivity index (χ4v) is 3.49. The maximum Gasteiger partial charge on any atom is 0.329 e. The highest BCUT2D eigenvalue weighted by atomic mass is 35.5. The summed E-state index contributed by atoms with van der Waals surface area (Å²) in [5.74, 6) is 0.554. The number of rotatable bonds is 9. The lowest BCUT2D eigenvalue weighted by molar-refractivity contribution is -0.384. The van der Waals surface area contributed by atoms with Crippen molar-refractivity contribution < 1.29 is 14.8 Å². The zero-order valence-corrected chi connectivity index (χ0v) is 19.5. The molecule has 1 atom stereocenters. The summed E-state index contributed by atoms with van der Waals surface area (Å²) in [6, 6.07) is 12.4. The third-order valence-corrected chi connectivity index (χ3v) is 5.37. The maximum atomic E-state index is 12.6. The molecule has 0 amide bonds. The molecule has 0 bridgehead atoms. The number of aliphatic hydroxyl groups is 1. The minimum atomic E-state index is -1.07. The van der Waals surface area contributed by atoms with Gasteiger partial charge in [-0.3, -0.25) is 24.5 Å². The Kier molecular flexibility index (Phi) is 7.12. The fraction of sp³-hybridized carbons (Fsp3) is 0.182. The molecule has 4 aromatic rings. The number of aromatic amines is 1. The Hall–Kier alpha value is -4.49. The molecule has 0 aliphatic heterocycles. The standard InChI is InChI=1S/C22H20ClN7O6/c1-28-19-18(20(32)26-22(28)33)29(11-16(31)12-36-17-7-5-14(23)6-8-17)21(25-19)27-24-10-13-3-2-4-15(9-13)30(34)35/h2-10,16,31H,11-12H2,1H3,(H,25,27)(H,26,32,33)/b24-10-. The van der Waals surface area contributed by atoms with Crippen molar-refractivity contribution in [2.75, 3.05) is 12.0 Å². The molecule has 4 rings (SSSR count). The van der Waals surface area contributed by atoms with Crippen LogP contribution in [0, 0.1) is 10.1 Å². The predicted molar refractivity (Wildman–Crippen MR) is 133 cm³/mol. The van der Waals surface area contributed by atoms with E-state index in [1.807, 2.05) is 0 Å². The number of nitrogens with one attached hydrogen (secondary N) is 2. The number of H-pyrrole nitrogens is 1. The number of hydrogen-bond donors (Lipinski definition) is 3. The number of aliphatic hydroxyl groups excluding tert-OH is 1. The second-order valence-corrected chi connectivity index (χ2v) is 8.11. The molecule has 1 unspecified atom stereocenters. The van der Waals surface area contributed by atoms with Gasteiger partial charge in [-0.25, -0.2) is 10.2 Å². The van der Waals surface area contributed by atoms with Gasteiger partial charge < -0.3 is 14.4 Å². The van der Waals surface area contributed by atoms with Crippen LogP contribution in [0.15, 0.2) is 63.2 Å². The van der Waals surface area contributed by atoms with Crippen LogP contribution in [0.2, 0.25) is 5.02 Å². The first-order valence-corrected chi connectivity index (χ1v) is 10.9. The van der Waals surface area contributed by atoms with E-state index in [0.29, 0.717) is 16.3 Å². The summed E-state index contributed by atoms with van der Waals surface area (Å²) in [6.07, 6.45) is 0.260. The van der Waals surface area contributed by atoms with E-state index in [1.165, 1.54) is 36.0 Å². The van der Waals surface area contributed by atoms with E-state index in [4.69, 9.17) is 16.3 Å². The second-order valence-electron chi connectivity index (χ2n) is 7.68. The lowest BCUT2D eigenvalue weighted by Crippen LogP contribution is -2.30. The summed E-state index contributed by atoms with van der Waals surface area (Å²) in [5.41, 5.74) is 1.78. The molecule has 0 spiro atoms. The van der Waals surface area contributed by atoms with Crippen molar-refractivity contribution in [3.05, 3.63) is 90.1 Å². The molecule has 0 radical (unpaired) electrons. The molecule has 2 aromatic carbocycles. The molecule has 0 fully saturated rings. The second kappa shape index (κ2) is 10.4. The summed E-state index contributed by atoms with van der Waals surface area (Å²) in [5, 5.41) is 26.2. The normalized spacial score (nSPS) is 12.2. The number of nitro groups is 1. The van der Waals surface area contributed by atoms with Crippen LogP contribution in [0.1, 0.15) is 5.56 Å². The number of fused-ring (bicyclic) bond motifs is 1. The van der Waals surface area contributed by atoms with Gasteiger partial charge in [0.25, 0.3) is 11.2 Å². The third kappa shape index (κ3) is 5.42. The first kappa shape index (κ1) is 24.6.